The van der Waals surface area contributed by atoms with E-state index in [4.69, 9.17) is 11.6 Å². The molecule has 0 atom stereocenters. The number of aromatic amines is 2. The SMILES string of the molecule is O=c1ccc2cc(-c3ccc(Cl)c4cc[nH]c34)ccc2[nH]1. The van der Waals surface area contributed by atoms with Crippen LogP contribution in [0.5, 0.6) is 0 Å². The number of benzene rings is 2. The zero-order valence-corrected chi connectivity index (χ0v) is 11.7. The molecule has 2 aromatic carbocycles. The summed E-state index contributed by atoms with van der Waals surface area (Å²) in [6.45, 7) is 0. The van der Waals surface area contributed by atoms with Gasteiger partial charge in [0.1, 0.15) is 0 Å². The third kappa shape index (κ3) is 1.94. The van der Waals surface area contributed by atoms with Crippen molar-refractivity contribution in [3.8, 4) is 11.1 Å². The van der Waals surface area contributed by atoms with Crippen LogP contribution >= 0.6 is 11.6 Å². The number of H-pyrrole nitrogens is 2. The Hall–Kier alpha value is -2.52. The normalized spacial score (nSPS) is 11.3. The molecule has 0 unspecified atom stereocenters. The smallest absolute Gasteiger partial charge is 0.248 e. The summed E-state index contributed by atoms with van der Waals surface area (Å²) in [5.41, 5.74) is 3.94. The van der Waals surface area contributed by atoms with Crippen LogP contribution in [0.2, 0.25) is 5.02 Å². The van der Waals surface area contributed by atoms with Crippen LogP contribution in [0, 0.1) is 0 Å². The zero-order valence-electron chi connectivity index (χ0n) is 11.0. The van der Waals surface area contributed by atoms with E-state index in [9.17, 15) is 4.79 Å². The van der Waals surface area contributed by atoms with E-state index < -0.39 is 0 Å². The number of fused-ring (bicyclic) bond motifs is 2. The van der Waals surface area contributed by atoms with Gasteiger partial charge in [0.2, 0.25) is 5.56 Å². The Morgan fingerprint density at radius 1 is 0.952 bits per heavy atom. The highest BCUT2D eigenvalue weighted by atomic mass is 35.5. The van der Waals surface area contributed by atoms with Crippen LogP contribution < -0.4 is 5.56 Å². The van der Waals surface area contributed by atoms with Gasteiger partial charge in [-0.15, -0.1) is 0 Å². The second-order valence-corrected chi connectivity index (χ2v) is 5.39. The second-order valence-electron chi connectivity index (χ2n) is 4.99. The minimum absolute atomic E-state index is 0.0894. The summed E-state index contributed by atoms with van der Waals surface area (Å²) in [5, 5.41) is 2.75. The molecule has 4 aromatic rings. The second kappa shape index (κ2) is 4.50. The maximum absolute atomic E-state index is 11.3. The van der Waals surface area contributed by atoms with Crippen molar-refractivity contribution in [2.45, 2.75) is 0 Å². The first-order valence-electron chi connectivity index (χ1n) is 6.61. The van der Waals surface area contributed by atoms with E-state index >= 15 is 0 Å². The predicted molar refractivity (Wildman–Crippen MR) is 86.9 cm³/mol. The fraction of sp³-hybridized carbons (Fsp3) is 0. The van der Waals surface area contributed by atoms with E-state index in [0.29, 0.717) is 0 Å². The summed E-state index contributed by atoms with van der Waals surface area (Å²) in [6, 6.07) is 15.3. The Labute approximate surface area is 125 Å². The van der Waals surface area contributed by atoms with Gasteiger partial charge in [-0.05, 0) is 41.3 Å². The van der Waals surface area contributed by atoms with E-state index in [1.165, 1.54) is 6.07 Å². The van der Waals surface area contributed by atoms with Crippen LogP contribution in [-0.2, 0) is 0 Å². The maximum Gasteiger partial charge on any atom is 0.248 e. The zero-order chi connectivity index (χ0) is 14.4. The molecular formula is C17H11ClN2O. The Balaban J connectivity index is 2.00. The molecule has 0 aliphatic carbocycles. The molecule has 0 aliphatic heterocycles. The Morgan fingerprint density at radius 2 is 1.86 bits per heavy atom. The highest BCUT2D eigenvalue weighted by molar-refractivity contribution is 6.35. The molecule has 2 heterocycles. The molecule has 21 heavy (non-hydrogen) atoms. The number of rotatable bonds is 1. The van der Waals surface area contributed by atoms with Gasteiger partial charge in [-0.1, -0.05) is 23.7 Å². The average molecular weight is 295 g/mol. The van der Waals surface area contributed by atoms with Crippen LogP contribution in [0.1, 0.15) is 0 Å². The number of hydrogen-bond acceptors (Lipinski definition) is 1. The first kappa shape index (κ1) is 12.2. The summed E-state index contributed by atoms with van der Waals surface area (Å²) in [7, 11) is 0. The minimum atomic E-state index is -0.0894. The van der Waals surface area contributed by atoms with Gasteiger partial charge in [0.15, 0.2) is 0 Å². The van der Waals surface area contributed by atoms with Gasteiger partial charge < -0.3 is 9.97 Å². The quantitative estimate of drug-likeness (QED) is 0.539. The molecule has 0 amide bonds. The van der Waals surface area contributed by atoms with E-state index in [0.717, 1.165) is 38.0 Å². The predicted octanol–water partition coefficient (Wildman–Crippen LogP) is 4.33. The molecule has 102 valence electrons. The molecule has 0 spiro atoms. The monoisotopic (exact) mass is 294 g/mol. The first-order chi connectivity index (χ1) is 10.2. The van der Waals surface area contributed by atoms with Gasteiger partial charge in [-0.25, -0.2) is 0 Å². The maximum atomic E-state index is 11.3. The molecule has 0 bridgehead atoms. The molecule has 2 N–H and O–H groups in total. The summed E-state index contributed by atoms with van der Waals surface area (Å²) >= 11 is 6.21. The molecule has 0 fully saturated rings. The fourth-order valence-corrected chi connectivity index (χ4v) is 2.90. The third-order valence-corrected chi connectivity index (χ3v) is 4.03. The molecule has 2 aromatic heterocycles. The van der Waals surface area contributed by atoms with E-state index in [2.05, 4.69) is 16.0 Å². The van der Waals surface area contributed by atoms with Crippen molar-refractivity contribution in [3.05, 3.63) is 70.1 Å². The number of pyridine rings is 1. The van der Waals surface area contributed by atoms with Crippen LogP contribution in [0.3, 0.4) is 0 Å². The molecule has 0 radical (unpaired) electrons. The average Bonchev–Trinajstić information content (AvgIpc) is 2.98. The molecule has 0 saturated heterocycles. The minimum Gasteiger partial charge on any atom is -0.361 e. The van der Waals surface area contributed by atoms with Crippen molar-refractivity contribution >= 4 is 33.4 Å². The number of hydrogen-bond donors (Lipinski definition) is 2. The molecular weight excluding hydrogens is 284 g/mol. The van der Waals surface area contributed by atoms with Gasteiger partial charge in [0.25, 0.3) is 0 Å². The Kier molecular flexibility index (Phi) is 2.62. The Bertz CT molecular complexity index is 1030. The summed E-state index contributed by atoms with van der Waals surface area (Å²) < 4.78 is 0. The van der Waals surface area contributed by atoms with Gasteiger partial charge >= 0.3 is 0 Å². The molecule has 0 aliphatic rings. The summed E-state index contributed by atoms with van der Waals surface area (Å²) in [6.07, 6.45) is 1.89. The highest BCUT2D eigenvalue weighted by Gasteiger charge is 2.08. The van der Waals surface area contributed by atoms with Gasteiger partial charge in [-0.2, -0.15) is 0 Å². The lowest BCUT2D eigenvalue weighted by atomic mass is 10.0. The van der Waals surface area contributed by atoms with Gasteiger partial charge in [-0.3, -0.25) is 4.79 Å². The molecule has 4 rings (SSSR count). The summed E-state index contributed by atoms with van der Waals surface area (Å²) in [5.74, 6) is 0. The van der Waals surface area contributed by atoms with Crippen molar-refractivity contribution in [2.24, 2.45) is 0 Å². The van der Waals surface area contributed by atoms with Crippen molar-refractivity contribution in [1.29, 1.82) is 0 Å². The van der Waals surface area contributed by atoms with E-state index in [-0.39, 0.29) is 5.56 Å². The lowest BCUT2D eigenvalue weighted by Crippen LogP contribution is -2.01. The molecule has 3 nitrogen and oxygen atoms in total. The molecule has 0 saturated carbocycles. The van der Waals surface area contributed by atoms with Crippen LogP contribution in [0.15, 0.2) is 59.5 Å². The van der Waals surface area contributed by atoms with Crippen molar-refractivity contribution in [2.75, 3.05) is 0 Å². The van der Waals surface area contributed by atoms with Crippen molar-refractivity contribution < 1.29 is 0 Å². The number of aromatic nitrogens is 2. The molecule has 4 heteroatoms. The van der Waals surface area contributed by atoms with Crippen molar-refractivity contribution in [1.82, 2.24) is 9.97 Å². The first-order valence-corrected chi connectivity index (χ1v) is 6.99. The lowest BCUT2D eigenvalue weighted by Gasteiger charge is -2.06. The van der Waals surface area contributed by atoms with Gasteiger partial charge in [0.05, 0.1) is 5.52 Å². The largest absolute Gasteiger partial charge is 0.361 e. The van der Waals surface area contributed by atoms with Gasteiger partial charge in [0, 0.05) is 33.8 Å². The fourth-order valence-electron chi connectivity index (χ4n) is 2.68. The van der Waals surface area contributed by atoms with E-state index in [1.54, 1.807) is 0 Å². The van der Waals surface area contributed by atoms with Crippen LogP contribution in [0.4, 0.5) is 0 Å². The van der Waals surface area contributed by atoms with Crippen LogP contribution in [0.25, 0.3) is 32.9 Å². The standard InChI is InChI=1S/C17H11ClN2O/c18-14-4-3-12(17-13(14)7-8-19-17)10-1-5-15-11(9-10)2-6-16(21)20-15/h1-9,19H,(H,20,21). The summed E-state index contributed by atoms with van der Waals surface area (Å²) in [4.78, 5) is 17.4. The number of nitrogens with one attached hydrogen (secondary N) is 2. The Morgan fingerprint density at radius 3 is 2.76 bits per heavy atom. The lowest BCUT2D eigenvalue weighted by molar-refractivity contribution is 1.31. The topological polar surface area (TPSA) is 48.6 Å². The van der Waals surface area contributed by atoms with Crippen LogP contribution in [-0.4, -0.2) is 9.97 Å². The third-order valence-electron chi connectivity index (χ3n) is 3.70. The van der Waals surface area contributed by atoms with Crippen molar-refractivity contribution in [3.63, 3.8) is 0 Å². The number of halogens is 1. The highest BCUT2D eigenvalue weighted by Crippen LogP contribution is 2.33. The van der Waals surface area contributed by atoms with E-state index in [1.807, 2.05) is 42.6 Å².